The molecule has 0 radical (unpaired) electrons. The minimum Gasteiger partial charge on any atom is -0.355 e. The number of hydrogen-bond donors (Lipinski definition) is 2. The summed E-state index contributed by atoms with van der Waals surface area (Å²) in [6.45, 7) is 4.56. The predicted molar refractivity (Wildman–Crippen MR) is 87.3 cm³/mol. The van der Waals surface area contributed by atoms with E-state index in [-0.39, 0.29) is 5.91 Å². The van der Waals surface area contributed by atoms with E-state index < -0.39 is 0 Å². The quantitative estimate of drug-likeness (QED) is 0.705. The van der Waals surface area contributed by atoms with E-state index >= 15 is 0 Å². The van der Waals surface area contributed by atoms with Gasteiger partial charge in [0.05, 0.1) is 6.54 Å². The van der Waals surface area contributed by atoms with Crippen molar-refractivity contribution in [1.29, 1.82) is 0 Å². The van der Waals surface area contributed by atoms with Crippen LogP contribution in [0, 0.1) is 5.92 Å². The summed E-state index contributed by atoms with van der Waals surface area (Å²) in [6, 6.07) is 0. The lowest BCUT2D eigenvalue weighted by Crippen LogP contribution is -2.44. The third kappa shape index (κ3) is 6.18. The van der Waals surface area contributed by atoms with Crippen LogP contribution in [0.2, 0.25) is 0 Å². The summed E-state index contributed by atoms with van der Waals surface area (Å²) in [5.41, 5.74) is 1.54. The normalized spacial score (nSPS) is 23.7. The lowest BCUT2D eigenvalue weighted by Gasteiger charge is -2.32. The van der Waals surface area contributed by atoms with Crippen LogP contribution in [-0.2, 0) is 4.79 Å². The molecule has 1 amide bonds. The summed E-state index contributed by atoms with van der Waals surface area (Å²) in [4.78, 5) is 14.3. The summed E-state index contributed by atoms with van der Waals surface area (Å²) < 4.78 is 0. The summed E-state index contributed by atoms with van der Waals surface area (Å²) >= 11 is 0. The molecule has 21 heavy (non-hydrogen) atoms. The highest BCUT2D eigenvalue weighted by Crippen LogP contribution is 2.19. The first-order valence-corrected chi connectivity index (χ1v) is 8.59. The van der Waals surface area contributed by atoms with Crippen molar-refractivity contribution in [3.05, 3.63) is 11.6 Å². The number of rotatable bonds is 7. The molecular formula is C17H31N3O. The van der Waals surface area contributed by atoms with E-state index in [1.54, 1.807) is 0 Å². The maximum Gasteiger partial charge on any atom is 0.234 e. The Hall–Kier alpha value is -0.870. The van der Waals surface area contributed by atoms with E-state index in [9.17, 15) is 4.79 Å². The molecule has 1 unspecified atom stereocenters. The fourth-order valence-corrected chi connectivity index (χ4v) is 3.50. The molecule has 0 aromatic heterocycles. The topological polar surface area (TPSA) is 44.4 Å². The molecular weight excluding hydrogens is 262 g/mol. The Bertz CT molecular complexity index is 352. The number of nitrogens with one attached hydrogen (secondary N) is 2. The van der Waals surface area contributed by atoms with E-state index in [4.69, 9.17) is 0 Å². The number of hydrogen-bond acceptors (Lipinski definition) is 3. The number of amides is 1. The molecule has 1 saturated heterocycles. The highest BCUT2D eigenvalue weighted by molar-refractivity contribution is 5.78. The van der Waals surface area contributed by atoms with E-state index in [0.29, 0.717) is 12.5 Å². The third-order valence-electron chi connectivity index (χ3n) is 4.62. The minimum atomic E-state index is 0.191. The molecule has 1 aliphatic carbocycles. The first kappa shape index (κ1) is 16.5. The molecule has 2 N–H and O–H groups in total. The zero-order valence-electron chi connectivity index (χ0n) is 13.5. The average molecular weight is 293 g/mol. The second kappa shape index (κ2) is 9.21. The average Bonchev–Trinajstić information content (AvgIpc) is 2.49. The van der Waals surface area contributed by atoms with E-state index in [1.807, 2.05) is 7.05 Å². The van der Waals surface area contributed by atoms with Crippen LogP contribution in [0.5, 0.6) is 0 Å². The molecule has 1 aliphatic heterocycles. The third-order valence-corrected chi connectivity index (χ3v) is 4.62. The van der Waals surface area contributed by atoms with Crippen LogP contribution in [0.15, 0.2) is 11.6 Å². The molecule has 120 valence electrons. The molecule has 4 nitrogen and oxygen atoms in total. The molecule has 1 heterocycles. The maximum atomic E-state index is 12.0. The number of allylic oxidation sites excluding steroid dienone is 1. The van der Waals surface area contributed by atoms with Gasteiger partial charge in [0, 0.05) is 13.1 Å². The monoisotopic (exact) mass is 293 g/mol. The number of likely N-dealkylation sites (tertiary alicyclic amines) is 1. The second-order valence-electron chi connectivity index (χ2n) is 6.51. The van der Waals surface area contributed by atoms with Crippen LogP contribution in [-0.4, -0.2) is 50.6 Å². The molecule has 0 bridgehead atoms. The summed E-state index contributed by atoms with van der Waals surface area (Å²) in [5.74, 6) is 0.889. The first-order chi connectivity index (χ1) is 10.3. The van der Waals surface area contributed by atoms with Crippen LogP contribution in [0.25, 0.3) is 0 Å². The van der Waals surface area contributed by atoms with Gasteiger partial charge in [-0.05, 0) is 71.0 Å². The zero-order chi connectivity index (χ0) is 14.9. The SMILES string of the molecule is CNCC1CCCN(CC(=O)NCCC2=CCCCC2)C1. The maximum absolute atomic E-state index is 12.0. The van der Waals surface area contributed by atoms with Gasteiger partial charge in [0.1, 0.15) is 0 Å². The van der Waals surface area contributed by atoms with Crippen molar-refractivity contribution in [2.45, 2.75) is 44.9 Å². The van der Waals surface area contributed by atoms with Gasteiger partial charge in [-0.3, -0.25) is 9.69 Å². The Morgan fingerprint density at radius 2 is 2.29 bits per heavy atom. The molecule has 2 aliphatic rings. The van der Waals surface area contributed by atoms with Gasteiger partial charge in [0.2, 0.25) is 5.91 Å². The first-order valence-electron chi connectivity index (χ1n) is 8.59. The van der Waals surface area contributed by atoms with Gasteiger partial charge >= 0.3 is 0 Å². The van der Waals surface area contributed by atoms with E-state index in [1.165, 1.54) is 44.1 Å². The number of carbonyl (C=O) groups is 1. The lowest BCUT2D eigenvalue weighted by molar-refractivity contribution is -0.122. The van der Waals surface area contributed by atoms with Crippen LogP contribution >= 0.6 is 0 Å². The van der Waals surface area contributed by atoms with Crippen LogP contribution in [0.4, 0.5) is 0 Å². The van der Waals surface area contributed by atoms with Gasteiger partial charge in [-0.2, -0.15) is 0 Å². The van der Waals surface area contributed by atoms with E-state index in [2.05, 4.69) is 21.6 Å². The number of nitrogens with zero attached hydrogens (tertiary/aromatic N) is 1. The second-order valence-corrected chi connectivity index (χ2v) is 6.51. The lowest BCUT2D eigenvalue weighted by atomic mass is 9.97. The fraction of sp³-hybridized carbons (Fsp3) is 0.824. The Morgan fingerprint density at radius 1 is 1.38 bits per heavy atom. The zero-order valence-corrected chi connectivity index (χ0v) is 13.5. The minimum absolute atomic E-state index is 0.191. The number of carbonyl (C=O) groups excluding carboxylic acids is 1. The highest BCUT2D eigenvalue weighted by atomic mass is 16.2. The Labute approximate surface area is 129 Å². The van der Waals surface area contributed by atoms with Crippen molar-refractivity contribution < 1.29 is 4.79 Å². The predicted octanol–water partition coefficient (Wildman–Crippen LogP) is 1.92. The molecule has 1 fully saturated rings. The van der Waals surface area contributed by atoms with Crippen molar-refractivity contribution in [3.63, 3.8) is 0 Å². The fourth-order valence-electron chi connectivity index (χ4n) is 3.50. The molecule has 0 aromatic rings. The smallest absolute Gasteiger partial charge is 0.234 e. The molecule has 0 aromatic carbocycles. The van der Waals surface area contributed by atoms with Gasteiger partial charge in [-0.15, -0.1) is 0 Å². The van der Waals surface area contributed by atoms with Crippen molar-refractivity contribution >= 4 is 5.91 Å². The van der Waals surface area contributed by atoms with Gasteiger partial charge in [0.15, 0.2) is 0 Å². The molecule has 0 spiro atoms. The van der Waals surface area contributed by atoms with Gasteiger partial charge < -0.3 is 10.6 Å². The molecule has 4 heteroatoms. The van der Waals surface area contributed by atoms with Crippen molar-refractivity contribution in [3.8, 4) is 0 Å². The number of piperidine rings is 1. The Kier molecular flexibility index (Phi) is 7.24. The van der Waals surface area contributed by atoms with Gasteiger partial charge in [-0.25, -0.2) is 0 Å². The largest absolute Gasteiger partial charge is 0.355 e. The summed E-state index contributed by atoms with van der Waals surface area (Å²) in [6.07, 6.45) is 11.0. The highest BCUT2D eigenvalue weighted by Gasteiger charge is 2.20. The standard InChI is InChI=1S/C17H31N3O/c1-18-12-16-8-5-11-20(13-16)14-17(21)19-10-9-15-6-3-2-4-7-15/h6,16,18H,2-5,7-14H2,1H3,(H,19,21). The Morgan fingerprint density at radius 3 is 3.05 bits per heavy atom. The van der Waals surface area contributed by atoms with E-state index in [0.717, 1.165) is 32.6 Å². The summed E-state index contributed by atoms with van der Waals surface area (Å²) in [5, 5.41) is 6.34. The molecule has 1 atom stereocenters. The summed E-state index contributed by atoms with van der Waals surface area (Å²) in [7, 11) is 2.01. The van der Waals surface area contributed by atoms with Crippen LogP contribution in [0.1, 0.15) is 44.9 Å². The molecule has 2 rings (SSSR count). The van der Waals surface area contributed by atoms with Gasteiger partial charge in [-0.1, -0.05) is 11.6 Å². The molecule has 0 saturated carbocycles. The van der Waals surface area contributed by atoms with Gasteiger partial charge in [0.25, 0.3) is 0 Å². The Balaban J connectivity index is 1.61. The van der Waals surface area contributed by atoms with Crippen LogP contribution < -0.4 is 10.6 Å². The van der Waals surface area contributed by atoms with Crippen LogP contribution in [0.3, 0.4) is 0 Å². The van der Waals surface area contributed by atoms with Crippen molar-refractivity contribution in [2.24, 2.45) is 5.92 Å². The van der Waals surface area contributed by atoms with Crippen molar-refractivity contribution in [2.75, 3.05) is 39.8 Å². The van der Waals surface area contributed by atoms with Crippen molar-refractivity contribution in [1.82, 2.24) is 15.5 Å².